The third-order valence-corrected chi connectivity index (χ3v) is 3.74. The minimum Gasteiger partial charge on any atom is -0.468 e. The summed E-state index contributed by atoms with van der Waals surface area (Å²) in [7, 11) is 1.43. The maximum absolute atomic E-state index is 12.2. The molecule has 1 rings (SSSR count). The molecule has 0 saturated carbocycles. The van der Waals surface area contributed by atoms with Gasteiger partial charge in [-0.2, -0.15) is 0 Å². The van der Waals surface area contributed by atoms with E-state index in [0.717, 1.165) is 31.2 Å². The van der Waals surface area contributed by atoms with E-state index in [2.05, 4.69) is 6.92 Å². The molecule has 0 radical (unpaired) electrons. The molecule has 0 spiro atoms. The summed E-state index contributed by atoms with van der Waals surface area (Å²) in [4.78, 5) is 12.2. The number of hydrogen-bond acceptors (Lipinski definition) is 3. The number of carbonyl (C=O) groups excluding carboxylic acids is 1. The van der Waals surface area contributed by atoms with Crippen molar-refractivity contribution < 1.29 is 9.53 Å². The summed E-state index contributed by atoms with van der Waals surface area (Å²) in [6.45, 7) is 4.46. The first-order valence-electron chi connectivity index (χ1n) is 6.96. The van der Waals surface area contributed by atoms with Gasteiger partial charge < -0.3 is 10.5 Å². The third-order valence-electron chi connectivity index (χ3n) is 3.74. The highest BCUT2D eigenvalue weighted by Gasteiger charge is 2.39. The first kappa shape index (κ1) is 15.7. The summed E-state index contributed by atoms with van der Waals surface area (Å²) in [5.74, 6) is -0.227. The molecule has 3 nitrogen and oxygen atoms in total. The number of rotatable bonds is 7. The smallest absolute Gasteiger partial charge is 0.317 e. The fraction of sp³-hybridized carbons (Fsp3) is 0.562. The Labute approximate surface area is 116 Å². The molecule has 19 heavy (non-hydrogen) atoms. The predicted molar refractivity (Wildman–Crippen MR) is 78.1 cm³/mol. The van der Waals surface area contributed by atoms with E-state index in [4.69, 9.17) is 10.5 Å². The van der Waals surface area contributed by atoms with Crippen molar-refractivity contribution in [1.29, 1.82) is 0 Å². The van der Waals surface area contributed by atoms with Gasteiger partial charge in [0.2, 0.25) is 0 Å². The molecule has 0 heterocycles. The first-order chi connectivity index (χ1) is 9.10. The van der Waals surface area contributed by atoms with Gasteiger partial charge in [-0.15, -0.1) is 0 Å². The molecule has 1 unspecified atom stereocenters. The number of aryl methyl sites for hydroxylation is 1. The van der Waals surface area contributed by atoms with Crippen LogP contribution >= 0.6 is 0 Å². The summed E-state index contributed by atoms with van der Waals surface area (Å²) >= 11 is 0. The Hall–Kier alpha value is -1.35. The molecular weight excluding hydrogens is 238 g/mol. The molecule has 106 valence electrons. The third kappa shape index (κ3) is 3.57. The van der Waals surface area contributed by atoms with Crippen LogP contribution in [0.25, 0.3) is 0 Å². The summed E-state index contributed by atoms with van der Waals surface area (Å²) in [6.07, 6.45) is 3.95. The molecule has 1 aromatic carbocycles. The van der Waals surface area contributed by atoms with Crippen LogP contribution in [0.5, 0.6) is 0 Å². The zero-order valence-electron chi connectivity index (χ0n) is 12.2. The number of methoxy groups -OCH3 is 1. The summed E-state index contributed by atoms with van der Waals surface area (Å²) in [5.41, 5.74) is 7.37. The summed E-state index contributed by atoms with van der Waals surface area (Å²) in [6, 6.07) is 8.02. The second kappa shape index (κ2) is 7.29. The van der Waals surface area contributed by atoms with Crippen LogP contribution in [0.3, 0.4) is 0 Å². The van der Waals surface area contributed by atoms with Gasteiger partial charge in [0.25, 0.3) is 0 Å². The molecule has 0 aromatic heterocycles. The van der Waals surface area contributed by atoms with Gasteiger partial charge >= 0.3 is 5.97 Å². The van der Waals surface area contributed by atoms with Gasteiger partial charge in [-0.3, -0.25) is 4.79 Å². The fourth-order valence-electron chi connectivity index (χ4n) is 2.41. The standard InChI is InChI=1S/C16H25NO2/c1-4-5-6-11-16(12-17,15(18)19-3)14-9-7-13(2)8-10-14/h7-10H,4-6,11-12,17H2,1-3H3. The number of ether oxygens (including phenoxy) is 1. The molecule has 1 atom stereocenters. The van der Waals surface area contributed by atoms with Gasteiger partial charge in [0.15, 0.2) is 0 Å². The second-order valence-corrected chi connectivity index (χ2v) is 5.10. The highest BCUT2D eigenvalue weighted by atomic mass is 16.5. The molecule has 0 fully saturated rings. The number of carbonyl (C=O) groups is 1. The van der Waals surface area contributed by atoms with Crippen molar-refractivity contribution in [2.45, 2.75) is 44.9 Å². The normalized spacial score (nSPS) is 13.9. The SMILES string of the molecule is CCCCCC(CN)(C(=O)OC)c1ccc(C)cc1. The Morgan fingerprint density at radius 3 is 2.37 bits per heavy atom. The monoisotopic (exact) mass is 263 g/mol. The lowest BCUT2D eigenvalue weighted by Crippen LogP contribution is -2.43. The Kier molecular flexibility index (Phi) is 6.03. The lowest BCUT2D eigenvalue weighted by atomic mass is 9.76. The van der Waals surface area contributed by atoms with Crippen molar-refractivity contribution in [2.24, 2.45) is 5.73 Å². The Bertz CT molecular complexity index is 400. The molecule has 0 aliphatic heterocycles. The Balaban J connectivity index is 3.08. The number of unbranched alkanes of at least 4 members (excludes halogenated alkanes) is 2. The van der Waals surface area contributed by atoms with Crippen molar-refractivity contribution in [2.75, 3.05) is 13.7 Å². The van der Waals surface area contributed by atoms with Crippen LogP contribution in [0.4, 0.5) is 0 Å². The maximum atomic E-state index is 12.2. The summed E-state index contributed by atoms with van der Waals surface area (Å²) < 4.78 is 5.00. The molecule has 0 amide bonds. The van der Waals surface area contributed by atoms with Gasteiger partial charge in [-0.25, -0.2) is 0 Å². The minimum absolute atomic E-state index is 0.227. The van der Waals surface area contributed by atoms with Gasteiger partial charge in [0.05, 0.1) is 7.11 Å². The van der Waals surface area contributed by atoms with E-state index >= 15 is 0 Å². The van der Waals surface area contributed by atoms with Crippen LogP contribution in [-0.4, -0.2) is 19.6 Å². The molecule has 1 aromatic rings. The van der Waals surface area contributed by atoms with Crippen molar-refractivity contribution in [3.8, 4) is 0 Å². The number of benzene rings is 1. The van der Waals surface area contributed by atoms with Crippen LogP contribution in [0.2, 0.25) is 0 Å². The number of esters is 1. The first-order valence-corrected chi connectivity index (χ1v) is 6.96. The van der Waals surface area contributed by atoms with E-state index in [1.807, 2.05) is 31.2 Å². The minimum atomic E-state index is -0.697. The number of hydrogen-bond donors (Lipinski definition) is 1. The largest absolute Gasteiger partial charge is 0.468 e. The summed E-state index contributed by atoms with van der Waals surface area (Å²) in [5, 5.41) is 0. The average Bonchev–Trinajstić information content (AvgIpc) is 2.44. The van der Waals surface area contributed by atoms with E-state index in [-0.39, 0.29) is 12.5 Å². The lowest BCUT2D eigenvalue weighted by Gasteiger charge is -2.30. The maximum Gasteiger partial charge on any atom is 0.317 e. The van der Waals surface area contributed by atoms with Crippen LogP contribution in [0, 0.1) is 6.92 Å². The van der Waals surface area contributed by atoms with Crippen molar-refractivity contribution in [3.63, 3.8) is 0 Å². The van der Waals surface area contributed by atoms with E-state index in [1.165, 1.54) is 12.7 Å². The van der Waals surface area contributed by atoms with Gasteiger partial charge in [0.1, 0.15) is 5.41 Å². The van der Waals surface area contributed by atoms with E-state index in [9.17, 15) is 4.79 Å². The lowest BCUT2D eigenvalue weighted by molar-refractivity contribution is -0.147. The van der Waals surface area contributed by atoms with Crippen LogP contribution in [0.1, 0.15) is 43.7 Å². The van der Waals surface area contributed by atoms with E-state index in [1.54, 1.807) is 0 Å². The Morgan fingerprint density at radius 2 is 1.89 bits per heavy atom. The van der Waals surface area contributed by atoms with Crippen LogP contribution in [0.15, 0.2) is 24.3 Å². The quantitative estimate of drug-likeness (QED) is 0.608. The van der Waals surface area contributed by atoms with Crippen molar-refractivity contribution >= 4 is 5.97 Å². The highest BCUT2D eigenvalue weighted by Crippen LogP contribution is 2.31. The van der Waals surface area contributed by atoms with Crippen LogP contribution in [-0.2, 0) is 14.9 Å². The zero-order valence-corrected chi connectivity index (χ0v) is 12.2. The molecular formula is C16H25NO2. The van der Waals surface area contributed by atoms with Crippen molar-refractivity contribution in [3.05, 3.63) is 35.4 Å². The van der Waals surface area contributed by atoms with Crippen molar-refractivity contribution in [1.82, 2.24) is 0 Å². The van der Waals surface area contributed by atoms with Gasteiger partial charge in [-0.1, -0.05) is 56.0 Å². The average molecular weight is 263 g/mol. The Morgan fingerprint density at radius 1 is 1.26 bits per heavy atom. The highest BCUT2D eigenvalue weighted by molar-refractivity contribution is 5.83. The molecule has 0 saturated heterocycles. The molecule has 0 bridgehead atoms. The molecule has 0 aliphatic carbocycles. The second-order valence-electron chi connectivity index (χ2n) is 5.10. The van der Waals surface area contributed by atoms with E-state index < -0.39 is 5.41 Å². The predicted octanol–water partition coefficient (Wildman–Crippen LogP) is 2.94. The molecule has 0 aliphatic rings. The van der Waals surface area contributed by atoms with Crippen LogP contribution < -0.4 is 5.73 Å². The topological polar surface area (TPSA) is 52.3 Å². The van der Waals surface area contributed by atoms with Gasteiger partial charge in [0, 0.05) is 6.54 Å². The van der Waals surface area contributed by atoms with Gasteiger partial charge in [-0.05, 0) is 18.9 Å². The molecule has 2 N–H and O–H groups in total. The number of nitrogens with two attached hydrogens (primary N) is 1. The van der Waals surface area contributed by atoms with E-state index in [0.29, 0.717) is 0 Å². The fourth-order valence-corrected chi connectivity index (χ4v) is 2.41. The zero-order chi connectivity index (χ0) is 14.3. The molecule has 3 heteroatoms.